The minimum Gasteiger partial charge on any atom is -0.381 e. The Morgan fingerprint density at radius 3 is 2.75 bits per heavy atom. The van der Waals surface area contributed by atoms with Crippen molar-refractivity contribution in [1.82, 2.24) is 5.32 Å². The summed E-state index contributed by atoms with van der Waals surface area (Å²) >= 11 is 0. The Hall–Kier alpha value is -0.0800. The molecule has 0 spiro atoms. The molecule has 1 heterocycles. The molecule has 1 atom stereocenters. The van der Waals surface area contributed by atoms with Gasteiger partial charge in [0.05, 0.1) is 6.61 Å². The molecule has 1 aliphatic carbocycles. The monoisotopic (exact) mass is 169 g/mol. The molecule has 2 heteroatoms. The summed E-state index contributed by atoms with van der Waals surface area (Å²) in [6, 6.07) is 0. The van der Waals surface area contributed by atoms with Crippen molar-refractivity contribution in [3.63, 3.8) is 0 Å². The van der Waals surface area contributed by atoms with Gasteiger partial charge in [0.1, 0.15) is 0 Å². The fourth-order valence-corrected chi connectivity index (χ4v) is 1.76. The predicted octanol–water partition coefficient (Wildman–Crippen LogP) is 1.41. The average molecular weight is 169 g/mol. The van der Waals surface area contributed by atoms with Crippen LogP contribution in [0.25, 0.3) is 0 Å². The molecule has 12 heavy (non-hydrogen) atoms. The molecule has 0 bridgehead atoms. The van der Waals surface area contributed by atoms with Crippen LogP contribution in [-0.4, -0.2) is 26.3 Å². The Balaban J connectivity index is 1.44. The number of hydrogen-bond acceptors (Lipinski definition) is 2. The molecule has 1 saturated heterocycles. The average Bonchev–Trinajstić information content (AvgIpc) is 2.76. The summed E-state index contributed by atoms with van der Waals surface area (Å²) in [5, 5.41) is 3.35. The minimum absolute atomic E-state index is 0.796. The maximum absolute atomic E-state index is 5.63. The molecular formula is C10H19NO. The lowest BCUT2D eigenvalue weighted by Crippen LogP contribution is -2.14. The summed E-state index contributed by atoms with van der Waals surface area (Å²) in [5.74, 6) is 1.82. The second-order valence-corrected chi connectivity index (χ2v) is 4.17. The van der Waals surface area contributed by atoms with E-state index in [1.54, 1.807) is 0 Å². The third-order valence-electron chi connectivity index (χ3n) is 2.88. The molecule has 0 aromatic heterocycles. The van der Waals surface area contributed by atoms with Crippen LogP contribution in [0.5, 0.6) is 0 Å². The molecular weight excluding hydrogens is 150 g/mol. The zero-order chi connectivity index (χ0) is 8.23. The van der Waals surface area contributed by atoms with Crippen LogP contribution < -0.4 is 5.32 Å². The van der Waals surface area contributed by atoms with Crippen LogP contribution in [-0.2, 0) is 4.74 Å². The van der Waals surface area contributed by atoms with E-state index in [9.17, 15) is 0 Å². The van der Waals surface area contributed by atoms with Crippen molar-refractivity contribution in [3.05, 3.63) is 0 Å². The smallest absolute Gasteiger partial charge is 0.0506 e. The third kappa shape index (κ3) is 2.76. The highest BCUT2D eigenvalue weighted by molar-refractivity contribution is 4.73. The van der Waals surface area contributed by atoms with E-state index in [2.05, 4.69) is 5.32 Å². The van der Waals surface area contributed by atoms with Crippen LogP contribution >= 0.6 is 0 Å². The molecule has 1 aliphatic heterocycles. The van der Waals surface area contributed by atoms with E-state index in [0.29, 0.717) is 0 Å². The lowest BCUT2D eigenvalue weighted by atomic mass is 10.1. The maximum atomic E-state index is 5.63. The largest absolute Gasteiger partial charge is 0.381 e. The van der Waals surface area contributed by atoms with E-state index >= 15 is 0 Å². The fraction of sp³-hybridized carbons (Fsp3) is 1.00. The van der Waals surface area contributed by atoms with Crippen molar-refractivity contribution in [1.29, 1.82) is 0 Å². The van der Waals surface area contributed by atoms with Crippen molar-refractivity contribution in [2.75, 3.05) is 26.3 Å². The molecule has 0 amide bonds. The van der Waals surface area contributed by atoms with E-state index < -0.39 is 0 Å². The highest BCUT2D eigenvalue weighted by atomic mass is 16.5. The van der Waals surface area contributed by atoms with Gasteiger partial charge in [-0.05, 0) is 31.2 Å². The van der Waals surface area contributed by atoms with Gasteiger partial charge in [0.2, 0.25) is 0 Å². The van der Waals surface area contributed by atoms with E-state index in [1.807, 2.05) is 0 Å². The third-order valence-corrected chi connectivity index (χ3v) is 2.88. The molecule has 0 radical (unpaired) electrons. The molecule has 2 aliphatic rings. The summed E-state index contributed by atoms with van der Waals surface area (Å²) < 4.78 is 5.63. The van der Waals surface area contributed by atoms with Gasteiger partial charge in [0, 0.05) is 13.2 Å². The van der Waals surface area contributed by atoms with Gasteiger partial charge in [-0.2, -0.15) is 0 Å². The van der Waals surface area contributed by atoms with Crippen LogP contribution in [0.1, 0.15) is 25.7 Å². The molecule has 2 rings (SSSR count). The number of hydrogen-bond donors (Lipinski definition) is 1. The number of rotatable bonds is 5. The lowest BCUT2D eigenvalue weighted by Gasteiger charge is -2.08. The first-order chi connectivity index (χ1) is 5.95. The summed E-state index contributed by atoms with van der Waals surface area (Å²) in [4.78, 5) is 0. The van der Waals surface area contributed by atoms with Gasteiger partial charge in [0.15, 0.2) is 0 Å². The zero-order valence-corrected chi connectivity index (χ0v) is 7.72. The van der Waals surface area contributed by atoms with Crippen LogP contribution in [0.3, 0.4) is 0 Å². The van der Waals surface area contributed by atoms with Crippen LogP contribution in [0.2, 0.25) is 0 Å². The Morgan fingerprint density at radius 2 is 2.08 bits per heavy atom. The van der Waals surface area contributed by atoms with Crippen molar-refractivity contribution in [3.8, 4) is 0 Å². The van der Waals surface area contributed by atoms with Crippen molar-refractivity contribution in [2.45, 2.75) is 25.7 Å². The normalized spacial score (nSPS) is 29.5. The maximum Gasteiger partial charge on any atom is 0.0506 e. The van der Waals surface area contributed by atoms with Crippen LogP contribution in [0.4, 0.5) is 0 Å². The van der Waals surface area contributed by atoms with Gasteiger partial charge in [-0.3, -0.25) is 0 Å². The van der Waals surface area contributed by atoms with E-state index in [0.717, 1.165) is 25.0 Å². The Bertz CT molecular complexity index is 128. The van der Waals surface area contributed by atoms with Crippen molar-refractivity contribution >= 4 is 0 Å². The molecule has 2 nitrogen and oxygen atoms in total. The molecule has 2 fully saturated rings. The highest BCUT2D eigenvalue weighted by Gasteiger charge is 2.21. The minimum atomic E-state index is 0.796. The SMILES string of the molecule is C1CC(COCCC2CC2)CN1. The molecule has 0 aromatic rings. The standard InChI is InChI=1S/C10H19NO/c1-2-9(1)4-6-12-8-10-3-5-11-7-10/h9-11H,1-8H2. The summed E-state index contributed by atoms with van der Waals surface area (Å²) in [6.07, 6.45) is 5.52. The second kappa shape index (κ2) is 4.24. The van der Waals surface area contributed by atoms with Crippen LogP contribution in [0.15, 0.2) is 0 Å². The van der Waals surface area contributed by atoms with Crippen LogP contribution in [0, 0.1) is 11.8 Å². The van der Waals surface area contributed by atoms with E-state index in [1.165, 1.54) is 38.8 Å². The van der Waals surface area contributed by atoms with Crippen molar-refractivity contribution in [2.24, 2.45) is 11.8 Å². The second-order valence-electron chi connectivity index (χ2n) is 4.17. The molecule has 1 saturated carbocycles. The summed E-state index contributed by atoms with van der Waals surface area (Å²) in [7, 11) is 0. The molecule has 0 aromatic carbocycles. The van der Waals surface area contributed by atoms with Gasteiger partial charge in [-0.25, -0.2) is 0 Å². The lowest BCUT2D eigenvalue weighted by molar-refractivity contribution is 0.100. The molecule has 1 unspecified atom stereocenters. The zero-order valence-electron chi connectivity index (χ0n) is 7.72. The number of ether oxygens (including phenoxy) is 1. The van der Waals surface area contributed by atoms with Crippen molar-refractivity contribution < 1.29 is 4.74 Å². The quantitative estimate of drug-likeness (QED) is 0.628. The van der Waals surface area contributed by atoms with Gasteiger partial charge >= 0.3 is 0 Å². The predicted molar refractivity (Wildman–Crippen MR) is 49.1 cm³/mol. The topological polar surface area (TPSA) is 21.3 Å². The number of nitrogens with one attached hydrogen (secondary N) is 1. The molecule has 70 valence electrons. The van der Waals surface area contributed by atoms with Gasteiger partial charge < -0.3 is 10.1 Å². The van der Waals surface area contributed by atoms with E-state index in [4.69, 9.17) is 4.74 Å². The first-order valence-corrected chi connectivity index (χ1v) is 5.23. The fourth-order valence-electron chi connectivity index (χ4n) is 1.76. The molecule has 1 N–H and O–H groups in total. The first-order valence-electron chi connectivity index (χ1n) is 5.23. The Kier molecular flexibility index (Phi) is 3.01. The van der Waals surface area contributed by atoms with Gasteiger partial charge in [0.25, 0.3) is 0 Å². The van der Waals surface area contributed by atoms with Gasteiger partial charge in [-0.15, -0.1) is 0 Å². The summed E-state index contributed by atoms with van der Waals surface area (Å²) in [6.45, 7) is 4.35. The van der Waals surface area contributed by atoms with E-state index in [-0.39, 0.29) is 0 Å². The Labute approximate surface area is 74.7 Å². The Morgan fingerprint density at radius 1 is 1.17 bits per heavy atom. The summed E-state index contributed by atoms with van der Waals surface area (Å²) in [5.41, 5.74) is 0. The first kappa shape index (κ1) is 8.52. The van der Waals surface area contributed by atoms with Gasteiger partial charge in [-0.1, -0.05) is 12.8 Å². The highest BCUT2D eigenvalue weighted by Crippen LogP contribution is 2.32.